The normalized spacial score (nSPS) is 19.0. The van der Waals surface area contributed by atoms with Gasteiger partial charge in [0.2, 0.25) is 0 Å². The van der Waals surface area contributed by atoms with Crippen molar-refractivity contribution in [3.8, 4) is 5.75 Å². The minimum atomic E-state index is 0.0655. The van der Waals surface area contributed by atoms with Crippen molar-refractivity contribution in [2.24, 2.45) is 0 Å². The minimum Gasteiger partial charge on any atom is -0.491 e. The lowest BCUT2D eigenvalue weighted by atomic mass is 10.2. The highest BCUT2D eigenvalue weighted by Gasteiger charge is 2.21. The van der Waals surface area contributed by atoms with E-state index in [1.807, 2.05) is 36.4 Å². The summed E-state index contributed by atoms with van der Waals surface area (Å²) in [6.07, 6.45) is 0.0655. The first-order valence-corrected chi connectivity index (χ1v) is 7.39. The van der Waals surface area contributed by atoms with Gasteiger partial charge < -0.3 is 15.2 Å². The van der Waals surface area contributed by atoms with E-state index in [4.69, 9.17) is 15.2 Å². The molecule has 116 valence electrons. The van der Waals surface area contributed by atoms with Crippen LogP contribution in [0.4, 0.5) is 5.82 Å². The van der Waals surface area contributed by atoms with Gasteiger partial charge in [-0.2, -0.15) is 5.10 Å². The number of anilines is 1. The van der Waals surface area contributed by atoms with Gasteiger partial charge in [-0.05, 0) is 24.3 Å². The van der Waals surface area contributed by atoms with Crippen molar-refractivity contribution in [2.75, 3.05) is 32.0 Å². The van der Waals surface area contributed by atoms with E-state index < -0.39 is 0 Å². The summed E-state index contributed by atoms with van der Waals surface area (Å²) in [5.74, 6) is 1.31. The van der Waals surface area contributed by atoms with Gasteiger partial charge in [0, 0.05) is 19.6 Å². The molecule has 2 N–H and O–H groups in total. The Morgan fingerprint density at radius 2 is 2.05 bits per heavy atom. The summed E-state index contributed by atoms with van der Waals surface area (Å²) >= 11 is 0. The zero-order chi connectivity index (χ0) is 15.2. The van der Waals surface area contributed by atoms with Crippen LogP contribution in [-0.4, -0.2) is 47.5 Å². The quantitative estimate of drug-likeness (QED) is 0.898. The molecule has 0 bridgehead atoms. The molecule has 1 fully saturated rings. The second-order valence-corrected chi connectivity index (χ2v) is 5.30. The third-order valence-electron chi connectivity index (χ3n) is 3.53. The molecule has 6 heteroatoms. The van der Waals surface area contributed by atoms with Gasteiger partial charge in [-0.3, -0.25) is 4.90 Å². The lowest BCUT2D eigenvalue weighted by Gasteiger charge is -2.32. The third-order valence-corrected chi connectivity index (χ3v) is 3.53. The van der Waals surface area contributed by atoms with Crippen LogP contribution in [0.5, 0.6) is 5.75 Å². The molecule has 2 heterocycles. The summed E-state index contributed by atoms with van der Waals surface area (Å²) in [4.78, 5) is 2.29. The van der Waals surface area contributed by atoms with E-state index in [-0.39, 0.29) is 6.10 Å². The second kappa shape index (κ2) is 7.20. The Bertz CT molecular complexity index is 576. The Balaban J connectivity index is 1.49. The Hall–Kier alpha value is -2.18. The molecule has 0 aliphatic carbocycles. The van der Waals surface area contributed by atoms with Crippen LogP contribution in [0.3, 0.4) is 0 Å². The topological polar surface area (TPSA) is 73.5 Å². The van der Waals surface area contributed by atoms with Crippen LogP contribution in [0, 0.1) is 0 Å². The van der Waals surface area contributed by atoms with Crippen molar-refractivity contribution in [1.29, 1.82) is 0 Å². The highest BCUT2D eigenvalue weighted by molar-refractivity contribution is 5.25. The number of nitrogens with zero attached hydrogens (tertiary/aromatic N) is 3. The Morgan fingerprint density at radius 1 is 1.18 bits per heavy atom. The van der Waals surface area contributed by atoms with Crippen LogP contribution >= 0.6 is 0 Å². The maximum absolute atomic E-state index is 5.76. The maximum Gasteiger partial charge on any atom is 0.146 e. The van der Waals surface area contributed by atoms with E-state index >= 15 is 0 Å². The molecule has 1 unspecified atom stereocenters. The molecule has 1 aromatic heterocycles. The zero-order valence-electron chi connectivity index (χ0n) is 12.4. The van der Waals surface area contributed by atoms with Gasteiger partial charge in [-0.15, -0.1) is 5.10 Å². The molecule has 1 aliphatic heterocycles. The van der Waals surface area contributed by atoms with E-state index in [9.17, 15) is 0 Å². The van der Waals surface area contributed by atoms with E-state index in [0.717, 1.165) is 31.1 Å². The number of rotatable bonds is 5. The molecule has 0 radical (unpaired) electrons. The highest BCUT2D eigenvalue weighted by atomic mass is 16.5. The fourth-order valence-electron chi connectivity index (χ4n) is 2.41. The molecule has 1 aliphatic rings. The minimum absolute atomic E-state index is 0.0655. The van der Waals surface area contributed by atoms with Crippen molar-refractivity contribution < 1.29 is 9.47 Å². The Morgan fingerprint density at radius 3 is 2.82 bits per heavy atom. The van der Waals surface area contributed by atoms with Crippen LogP contribution in [0.1, 0.15) is 5.69 Å². The van der Waals surface area contributed by atoms with Crippen LogP contribution in [0.15, 0.2) is 42.5 Å². The number of morpholine rings is 1. The van der Waals surface area contributed by atoms with Crippen molar-refractivity contribution in [3.63, 3.8) is 0 Å². The number of para-hydroxylation sites is 1. The van der Waals surface area contributed by atoms with E-state index in [1.54, 1.807) is 6.07 Å². The third kappa shape index (κ3) is 4.16. The van der Waals surface area contributed by atoms with Crippen LogP contribution in [0.25, 0.3) is 0 Å². The molecule has 0 amide bonds. The van der Waals surface area contributed by atoms with Gasteiger partial charge in [-0.1, -0.05) is 18.2 Å². The fourth-order valence-corrected chi connectivity index (χ4v) is 2.41. The lowest BCUT2D eigenvalue weighted by Crippen LogP contribution is -2.44. The molecule has 22 heavy (non-hydrogen) atoms. The number of aromatic nitrogens is 2. The summed E-state index contributed by atoms with van der Waals surface area (Å²) < 4.78 is 11.5. The average molecular weight is 300 g/mol. The predicted octanol–water partition coefficient (Wildman–Crippen LogP) is 1.34. The molecule has 2 aromatic rings. The number of hydrogen-bond acceptors (Lipinski definition) is 6. The van der Waals surface area contributed by atoms with E-state index in [2.05, 4.69) is 15.1 Å². The van der Waals surface area contributed by atoms with E-state index in [1.165, 1.54) is 0 Å². The van der Waals surface area contributed by atoms with Crippen molar-refractivity contribution >= 4 is 5.82 Å². The smallest absolute Gasteiger partial charge is 0.146 e. The molecule has 1 saturated heterocycles. The number of ether oxygens (including phenoxy) is 2. The maximum atomic E-state index is 5.76. The fraction of sp³-hybridized carbons (Fsp3) is 0.375. The second-order valence-electron chi connectivity index (χ2n) is 5.30. The first kappa shape index (κ1) is 14.7. The van der Waals surface area contributed by atoms with Crippen molar-refractivity contribution in [1.82, 2.24) is 15.1 Å². The number of nitrogen functional groups attached to an aromatic ring is 1. The summed E-state index contributed by atoms with van der Waals surface area (Å²) in [5.41, 5.74) is 6.47. The van der Waals surface area contributed by atoms with Gasteiger partial charge in [0.1, 0.15) is 24.3 Å². The summed E-state index contributed by atoms with van der Waals surface area (Å²) in [5, 5.41) is 7.99. The standard InChI is InChI=1S/C16H20N4O2/c17-16-7-6-13(18-19-16)10-20-8-9-21-15(11-20)12-22-14-4-2-1-3-5-14/h1-7,15H,8-12H2,(H2,17,19). The monoisotopic (exact) mass is 300 g/mol. The Kier molecular flexibility index (Phi) is 4.82. The summed E-state index contributed by atoms with van der Waals surface area (Å²) in [6.45, 7) is 3.70. The van der Waals surface area contributed by atoms with Crippen LogP contribution in [-0.2, 0) is 11.3 Å². The molecular formula is C16H20N4O2. The summed E-state index contributed by atoms with van der Waals surface area (Å²) in [7, 11) is 0. The van der Waals surface area contributed by atoms with Gasteiger partial charge in [0.05, 0.1) is 12.3 Å². The lowest BCUT2D eigenvalue weighted by molar-refractivity contribution is -0.0507. The first-order valence-electron chi connectivity index (χ1n) is 7.39. The van der Waals surface area contributed by atoms with Crippen LogP contribution < -0.4 is 10.5 Å². The first-order chi connectivity index (χ1) is 10.8. The van der Waals surface area contributed by atoms with Gasteiger partial charge >= 0.3 is 0 Å². The van der Waals surface area contributed by atoms with Crippen LogP contribution in [0.2, 0.25) is 0 Å². The van der Waals surface area contributed by atoms with E-state index in [0.29, 0.717) is 19.0 Å². The van der Waals surface area contributed by atoms with Gasteiger partial charge in [0.15, 0.2) is 0 Å². The summed E-state index contributed by atoms with van der Waals surface area (Å²) in [6, 6.07) is 13.5. The highest BCUT2D eigenvalue weighted by Crippen LogP contribution is 2.13. The van der Waals surface area contributed by atoms with Crippen molar-refractivity contribution in [2.45, 2.75) is 12.6 Å². The van der Waals surface area contributed by atoms with Gasteiger partial charge in [-0.25, -0.2) is 0 Å². The largest absolute Gasteiger partial charge is 0.491 e. The number of nitrogens with two attached hydrogens (primary N) is 1. The molecule has 6 nitrogen and oxygen atoms in total. The van der Waals surface area contributed by atoms with Gasteiger partial charge in [0.25, 0.3) is 0 Å². The average Bonchev–Trinajstić information content (AvgIpc) is 2.57. The molecular weight excluding hydrogens is 280 g/mol. The SMILES string of the molecule is Nc1ccc(CN2CCOC(COc3ccccc3)C2)nn1. The molecule has 1 aromatic carbocycles. The number of hydrogen-bond donors (Lipinski definition) is 1. The van der Waals surface area contributed by atoms with Crippen molar-refractivity contribution in [3.05, 3.63) is 48.2 Å². The predicted molar refractivity (Wildman–Crippen MR) is 83.4 cm³/mol. The molecule has 3 rings (SSSR count). The molecule has 1 atom stereocenters. The number of benzene rings is 1. The molecule has 0 spiro atoms. The Labute approximate surface area is 129 Å². The zero-order valence-corrected chi connectivity index (χ0v) is 12.4. The molecule has 0 saturated carbocycles.